The zero-order chi connectivity index (χ0) is 16.6. The second-order valence-electron chi connectivity index (χ2n) is 4.39. The first kappa shape index (κ1) is 23.2. The quantitative estimate of drug-likeness (QED) is 0.325. The Morgan fingerprint density at radius 2 is 1.10 bits per heavy atom. The number of nitrogens with two attached hydrogens (primary N) is 2. The summed E-state index contributed by atoms with van der Waals surface area (Å²) in [6.07, 6.45) is 4.54. The molecule has 0 aliphatic rings. The monoisotopic (exact) mass is 324 g/mol. The molecule has 0 unspecified atom stereocenters. The minimum atomic E-state index is -2.80. The maximum absolute atomic E-state index is 5.42. The molecule has 130 valence electrons. The lowest BCUT2D eigenvalue weighted by molar-refractivity contribution is -0.0247. The molecule has 0 aromatic carbocycles. The van der Waals surface area contributed by atoms with Crippen molar-refractivity contribution in [2.75, 3.05) is 26.4 Å². The van der Waals surface area contributed by atoms with Gasteiger partial charge >= 0.3 is 9.05 Å². The topological polar surface area (TPSA) is 89.0 Å². The van der Waals surface area contributed by atoms with Crippen LogP contribution in [0.15, 0.2) is 0 Å². The van der Waals surface area contributed by atoms with Crippen molar-refractivity contribution >= 4 is 9.05 Å². The van der Waals surface area contributed by atoms with Gasteiger partial charge in [-0.15, -0.1) is 0 Å². The summed E-state index contributed by atoms with van der Waals surface area (Å²) in [7, 11) is -2.80. The second kappa shape index (κ2) is 16.3. The van der Waals surface area contributed by atoms with Gasteiger partial charge in [0, 0.05) is 26.4 Å². The van der Waals surface area contributed by atoms with E-state index in [-0.39, 0.29) is 6.17 Å². The van der Waals surface area contributed by atoms with Crippen LogP contribution in [-0.4, -0.2) is 41.6 Å². The third-order valence-corrected chi connectivity index (χ3v) is 4.99. The standard InChI is InChI=1S/C8H20O4Si.C6H16N2/c1-5-9-13(10-6-2,11-7-3)12-8-4;1-2-3-4-5-6(7)8/h5-8H2,1-4H3;6H,2-5,7-8H2,1H3. The Balaban J connectivity index is 0. The molecular weight excluding hydrogens is 288 g/mol. The largest absolute Gasteiger partial charge is 0.679 e. The summed E-state index contributed by atoms with van der Waals surface area (Å²) in [6, 6.07) is 0. The van der Waals surface area contributed by atoms with Gasteiger partial charge < -0.3 is 29.2 Å². The van der Waals surface area contributed by atoms with E-state index in [0.29, 0.717) is 26.4 Å². The number of unbranched alkanes of at least 4 members (excludes halogenated alkanes) is 2. The molecule has 0 bridgehead atoms. The molecule has 0 amide bonds. The van der Waals surface area contributed by atoms with E-state index in [1.165, 1.54) is 19.3 Å². The first-order valence-corrected chi connectivity index (χ1v) is 9.71. The molecule has 0 aliphatic heterocycles. The van der Waals surface area contributed by atoms with Crippen LogP contribution in [0, 0.1) is 0 Å². The molecule has 0 aliphatic carbocycles. The van der Waals surface area contributed by atoms with Crippen molar-refractivity contribution in [1.29, 1.82) is 0 Å². The molecule has 0 fully saturated rings. The maximum atomic E-state index is 5.42. The van der Waals surface area contributed by atoms with E-state index in [9.17, 15) is 0 Å². The fourth-order valence-corrected chi connectivity index (χ4v) is 3.50. The summed E-state index contributed by atoms with van der Waals surface area (Å²) in [4.78, 5) is 0. The molecule has 0 saturated heterocycles. The van der Waals surface area contributed by atoms with Crippen molar-refractivity contribution in [3.8, 4) is 0 Å². The molecular formula is C14H36N2O4Si. The molecule has 7 heteroatoms. The van der Waals surface area contributed by atoms with Gasteiger partial charge in [-0.05, 0) is 34.1 Å². The van der Waals surface area contributed by atoms with Crippen molar-refractivity contribution in [2.45, 2.75) is 66.5 Å². The Kier molecular flexibility index (Phi) is 18.1. The lowest BCUT2D eigenvalue weighted by Gasteiger charge is -2.26. The Labute approximate surface area is 131 Å². The van der Waals surface area contributed by atoms with Gasteiger partial charge in [-0.2, -0.15) is 0 Å². The van der Waals surface area contributed by atoms with Crippen LogP contribution in [0.1, 0.15) is 60.3 Å². The van der Waals surface area contributed by atoms with Gasteiger partial charge in [-0.1, -0.05) is 26.2 Å². The highest BCUT2D eigenvalue weighted by Crippen LogP contribution is 2.11. The van der Waals surface area contributed by atoms with E-state index >= 15 is 0 Å². The second-order valence-corrected chi connectivity index (χ2v) is 6.55. The Bertz CT molecular complexity index is 180. The molecule has 0 rings (SSSR count). The van der Waals surface area contributed by atoms with Crippen LogP contribution in [0.3, 0.4) is 0 Å². The van der Waals surface area contributed by atoms with Crippen LogP contribution in [0.2, 0.25) is 0 Å². The van der Waals surface area contributed by atoms with Gasteiger partial charge in [0.25, 0.3) is 0 Å². The normalized spacial score (nSPS) is 11.4. The van der Waals surface area contributed by atoms with Crippen molar-refractivity contribution in [3.05, 3.63) is 0 Å². The Morgan fingerprint density at radius 1 is 0.714 bits per heavy atom. The molecule has 0 saturated carbocycles. The van der Waals surface area contributed by atoms with Gasteiger partial charge in [0.05, 0.1) is 6.17 Å². The molecule has 0 aromatic heterocycles. The predicted octanol–water partition coefficient (Wildman–Crippen LogP) is 2.38. The Morgan fingerprint density at radius 3 is 1.33 bits per heavy atom. The van der Waals surface area contributed by atoms with Gasteiger partial charge in [0.1, 0.15) is 0 Å². The molecule has 0 heterocycles. The lowest BCUT2D eigenvalue weighted by Crippen LogP contribution is -2.49. The highest BCUT2D eigenvalue weighted by Gasteiger charge is 2.44. The average molecular weight is 325 g/mol. The number of hydrogen-bond acceptors (Lipinski definition) is 6. The van der Waals surface area contributed by atoms with Gasteiger partial charge in [0.15, 0.2) is 0 Å². The van der Waals surface area contributed by atoms with Crippen LogP contribution in [-0.2, 0) is 17.7 Å². The molecule has 0 aromatic rings. The van der Waals surface area contributed by atoms with E-state index in [4.69, 9.17) is 29.2 Å². The first-order valence-electron chi connectivity index (χ1n) is 8.08. The van der Waals surface area contributed by atoms with Crippen LogP contribution >= 0.6 is 0 Å². The zero-order valence-corrected chi connectivity index (χ0v) is 15.5. The summed E-state index contributed by atoms with van der Waals surface area (Å²) in [6.45, 7) is 12.0. The van der Waals surface area contributed by atoms with Gasteiger partial charge in [-0.25, -0.2) is 0 Å². The molecule has 0 atom stereocenters. The van der Waals surface area contributed by atoms with Gasteiger partial charge in [0.2, 0.25) is 0 Å². The fraction of sp³-hybridized carbons (Fsp3) is 1.00. The van der Waals surface area contributed by atoms with E-state index in [2.05, 4.69) is 6.92 Å². The minimum absolute atomic E-state index is 0.0958. The van der Waals surface area contributed by atoms with Crippen molar-refractivity contribution in [2.24, 2.45) is 11.5 Å². The predicted molar refractivity (Wildman–Crippen MR) is 88.6 cm³/mol. The summed E-state index contributed by atoms with van der Waals surface area (Å²) in [5.41, 5.74) is 10.6. The van der Waals surface area contributed by atoms with E-state index in [1.807, 2.05) is 27.7 Å². The first-order chi connectivity index (χ1) is 10.0. The molecule has 4 N–H and O–H groups in total. The highest BCUT2D eigenvalue weighted by molar-refractivity contribution is 6.53. The molecule has 0 spiro atoms. The SMILES string of the molecule is CCCCCC(N)N.CCO[Si](OCC)(OCC)OCC. The van der Waals surface area contributed by atoms with Crippen molar-refractivity contribution in [1.82, 2.24) is 0 Å². The maximum Gasteiger partial charge on any atom is 0.679 e. The van der Waals surface area contributed by atoms with Crippen molar-refractivity contribution < 1.29 is 17.7 Å². The average Bonchev–Trinajstić information content (AvgIpc) is 2.40. The summed E-state index contributed by atoms with van der Waals surface area (Å²) < 4.78 is 21.7. The Hall–Kier alpha value is -0.0231. The molecule has 6 nitrogen and oxygen atoms in total. The smallest absolute Gasteiger partial charge is 0.351 e. The molecule has 21 heavy (non-hydrogen) atoms. The number of rotatable bonds is 12. The third-order valence-electron chi connectivity index (χ3n) is 2.43. The summed E-state index contributed by atoms with van der Waals surface area (Å²) >= 11 is 0. The third kappa shape index (κ3) is 14.7. The minimum Gasteiger partial charge on any atom is -0.351 e. The summed E-state index contributed by atoms with van der Waals surface area (Å²) in [5.74, 6) is 0. The van der Waals surface area contributed by atoms with Crippen molar-refractivity contribution in [3.63, 3.8) is 0 Å². The van der Waals surface area contributed by atoms with Gasteiger partial charge in [-0.3, -0.25) is 0 Å². The van der Waals surface area contributed by atoms with Crippen LogP contribution in [0.4, 0.5) is 0 Å². The molecule has 0 radical (unpaired) electrons. The zero-order valence-electron chi connectivity index (χ0n) is 14.5. The number of hydrogen-bond donors (Lipinski definition) is 2. The van der Waals surface area contributed by atoms with Crippen LogP contribution in [0.25, 0.3) is 0 Å². The van der Waals surface area contributed by atoms with Crippen LogP contribution < -0.4 is 11.5 Å². The van der Waals surface area contributed by atoms with E-state index < -0.39 is 9.05 Å². The fourth-order valence-electron chi connectivity index (χ4n) is 1.59. The highest BCUT2D eigenvalue weighted by atomic mass is 28.4. The van der Waals surface area contributed by atoms with E-state index in [1.54, 1.807) is 0 Å². The summed E-state index contributed by atoms with van der Waals surface area (Å²) in [5, 5.41) is 0. The van der Waals surface area contributed by atoms with Crippen LogP contribution in [0.5, 0.6) is 0 Å². The lowest BCUT2D eigenvalue weighted by atomic mass is 10.2. The van der Waals surface area contributed by atoms with E-state index in [0.717, 1.165) is 6.42 Å².